The molecule has 1 atom stereocenters. The van der Waals surface area contributed by atoms with Crippen LogP contribution in [0.5, 0.6) is 11.5 Å². The van der Waals surface area contributed by atoms with Gasteiger partial charge in [-0.05, 0) is 0 Å². The number of carbonyl (C=O) groups excluding carboxylic acids is 1. The predicted octanol–water partition coefficient (Wildman–Crippen LogP) is 4.90. The van der Waals surface area contributed by atoms with E-state index in [2.05, 4.69) is 26.0 Å². The Morgan fingerprint density at radius 1 is 0.912 bits per heavy atom. The molecule has 0 spiro atoms. The van der Waals surface area contributed by atoms with Crippen LogP contribution in [-0.4, -0.2) is 48.9 Å². The van der Waals surface area contributed by atoms with Gasteiger partial charge in [-0.2, -0.15) is 0 Å². The third-order valence-corrected chi connectivity index (χ3v) is 8.91. The zero-order valence-electron chi connectivity index (χ0n) is 20.0. The van der Waals surface area contributed by atoms with Crippen molar-refractivity contribution in [3.63, 3.8) is 0 Å². The number of phenols is 2. The van der Waals surface area contributed by atoms with Gasteiger partial charge < -0.3 is 0 Å². The molecule has 0 aliphatic heterocycles. The quantitative estimate of drug-likeness (QED) is 0.331. The fourth-order valence-corrected chi connectivity index (χ4v) is 6.37. The molecule has 3 aromatic carbocycles. The van der Waals surface area contributed by atoms with Crippen LogP contribution in [0.4, 0.5) is 0 Å². The topological polar surface area (TPSA) is 81.0 Å². The van der Waals surface area contributed by atoms with Gasteiger partial charge in [0.15, 0.2) is 0 Å². The van der Waals surface area contributed by atoms with Crippen molar-refractivity contribution in [3.8, 4) is 11.5 Å². The summed E-state index contributed by atoms with van der Waals surface area (Å²) in [5, 5.41) is 30.5. The molecule has 1 amide bonds. The summed E-state index contributed by atoms with van der Waals surface area (Å²) < 4.78 is 0.0169. The number of benzene rings is 3. The molecular formula is C28H33AsNO4. The molecule has 0 aromatic heterocycles. The van der Waals surface area contributed by atoms with Gasteiger partial charge in [-0.1, -0.05) is 6.07 Å². The van der Waals surface area contributed by atoms with Crippen LogP contribution in [-0.2, 0) is 24.2 Å². The number of likely N-dealkylation sites (N-methyl/N-ethyl adjacent to an activating group) is 1. The molecule has 0 aliphatic carbocycles. The number of phenolic OH excluding ortho intramolecular Hbond substituents is 2. The predicted molar refractivity (Wildman–Crippen MR) is 136 cm³/mol. The first-order valence-electron chi connectivity index (χ1n) is 11.4. The Kier molecular flexibility index (Phi) is 8.82. The second kappa shape index (κ2) is 11.6. The Morgan fingerprint density at radius 2 is 1.53 bits per heavy atom. The van der Waals surface area contributed by atoms with Crippen LogP contribution in [0.3, 0.4) is 0 Å². The van der Waals surface area contributed by atoms with Crippen LogP contribution in [0, 0.1) is 0 Å². The van der Waals surface area contributed by atoms with E-state index < -0.39 is 6.10 Å². The number of aromatic hydroxyl groups is 2. The minimum atomic E-state index is -0.721. The number of carbonyl (C=O) groups is 1. The van der Waals surface area contributed by atoms with Crippen molar-refractivity contribution in [3.05, 3.63) is 95.1 Å². The molecule has 3 aromatic rings. The standard InChI is InChI=1S/C28H33AsNO4/c1-28(2,29-18-26(33)23-14-24(31)16-25(32)15-23)17-22-11-7-10-21(12-22)13-27(34)30(3)19-20-8-5-4-6-9-20/h4-12,14-16,26,31-33H,13,17-19H2,1-3H3. The van der Waals surface area contributed by atoms with Crippen molar-refractivity contribution < 1.29 is 20.1 Å². The van der Waals surface area contributed by atoms with E-state index in [1.165, 1.54) is 23.8 Å². The Labute approximate surface area is 208 Å². The number of aliphatic hydroxyl groups is 1. The number of hydrogen-bond acceptors (Lipinski definition) is 4. The molecule has 0 heterocycles. The van der Waals surface area contributed by atoms with E-state index in [9.17, 15) is 20.1 Å². The first kappa shape index (κ1) is 25.9. The third-order valence-electron chi connectivity index (χ3n) is 5.67. The molecule has 6 heteroatoms. The fourth-order valence-electron chi connectivity index (χ4n) is 3.91. The van der Waals surface area contributed by atoms with Gasteiger partial charge in [0.05, 0.1) is 0 Å². The summed E-state index contributed by atoms with van der Waals surface area (Å²) in [6.45, 7) is 4.99. The molecule has 3 rings (SSSR count). The van der Waals surface area contributed by atoms with Gasteiger partial charge in [0.25, 0.3) is 0 Å². The number of nitrogens with zero attached hydrogens (tertiary/aromatic N) is 1. The average Bonchev–Trinajstić information content (AvgIpc) is 2.77. The van der Waals surface area contributed by atoms with Crippen molar-refractivity contribution >= 4 is 21.7 Å². The molecule has 0 saturated carbocycles. The van der Waals surface area contributed by atoms with Crippen LogP contribution in [0.2, 0.25) is 9.41 Å². The Bertz CT molecular complexity index is 1080. The van der Waals surface area contributed by atoms with Gasteiger partial charge in [-0.25, -0.2) is 0 Å². The zero-order valence-corrected chi connectivity index (χ0v) is 21.9. The van der Waals surface area contributed by atoms with Crippen LogP contribution in [0.1, 0.15) is 42.2 Å². The number of aliphatic hydroxyl groups excluding tert-OH is 1. The Balaban J connectivity index is 1.56. The molecule has 1 radical (unpaired) electrons. The van der Waals surface area contributed by atoms with Gasteiger partial charge in [-0.3, -0.25) is 0 Å². The maximum absolute atomic E-state index is 12.7. The van der Waals surface area contributed by atoms with Crippen molar-refractivity contribution in [1.82, 2.24) is 4.90 Å². The van der Waals surface area contributed by atoms with Crippen LogP contribution in [0.25, 0.3) is 0 Å². The molecule has 34 heavy (non-hydrogen) atoms. The van der Waals surface area contributed by atoms with E-state index in [0.29, 0.717) is 23.7 Å². The summed E-state index contributed by atoms with van der Waals surface area (Å²) in [5.41, 5.74) is 3.83. The summed E-state index contributed by atoms with van der Waals surface area (Å²) in [7, 11) is 1.84. The maximum atomic E-state index is 12.7. The van der Waals surface area contributed by atoms with Crippen LogP contribution in [0.15, 0.2) is 72.8 Å². The van der Waals surface area contributed by atoms with Gasteiger partial charge in [0.2, 0.25) is 0 Å². The fraction of sp³-hybridized carbons (Fsp3) is 0.321. The Hall–Kier alpha value is -2.75. The van der Waals surface area contributed by atoms with E-state index in [1.807, 2.05) is 49.5 Å². The van der Waals surface area contributed by atoms with Gasteiger partial charge >= 0.3 is 203 Å². The summed E-state index contributed by atoms with van der Waals surface area (Å²) >= 11 is -0.219. The molecule has 3 N–H and O–H groups in total. The average molecular weight is 522 g/mol. The van der Waals surface area contributed by atoms with E-state index in [-0.39, 0.29) is 37.4 Å². The first-order chi connectivity index (χ1) is 16.1. The third kappa shape index (κ3) is 7.93. The second-order valence-corrected chi connectivity index (χ2v) is 13.3. The summed E-state index contributed by atoms with van der Waals surface area (Å²) in [5.74, 6) is -0.0141. The summed E-state index contributed by atoms with van der Waals surface area (Å²) in [6, 6.07) is 22.4. The number of rotatable bonds is 10. The number of hydrogen-bond donors (Lipinski definition) is 3. The molecule has 0 fully saturated rings. The molecular weight excluding hydrogens is 489 g/mol. The molecule has 0 aliphatic rings. The van der Waals surface area contributed by atoms with Crippen molar-refractivity contribution in [2.75, 3.05) is 7.05 Å². The van der Waals surface area contributed by atoms with Gasteiger partial charge in [0, 0.05) is 0 Å². The van der Waals surface area contributed by atoms with E-state index in [4.69, 9.17) is 0 Å². The van der Waals surface area contributed by atoms with E-state index in [1.54, 1.807) is 4.90 Å². The van der Waals surface area contributed by atoms with Crippen LogP contribution < -0.4 is 0 Å². The summed E-state index contributed by atoms with van der Waals surface area (Å²) in [6.07, 6.45) is 0.499. The SMILES string of the molecule is CN(Cc1ccccc1)C(=O)Cc1cccc(CC(C)(C)[As]CC(O)c2cc(O)cc(O)c2)c1. The molecule has 0 saturated heterocycles. The monoisotopic (exact) mass is 522 g/mol. The van der Waals surface area contributed by atoms with Gasteiger partial charge in [0.1, 0.15) is 0 Å². The molecule has 0 bridgehead atoms. The molecule has 5 nitrogen and oxygen atoms in total. The van der Waals surface area contributed by atoms with E-state index in [0.717, 1.165) is 17.5 Å². The van der Waals surface area contributed by atoms with Crippen LogP contribution >= 0.6 is 0 Å². The molecule has 1 unspecified atom stereocenters. The van der Waals surface area contributed by atoms with Gasteiger partial charge in [-0.15, -0.1) is 0 Å². The number of amides is 1. The van der Waals surface area contributed by atoms with Crippen molar-refractivity contribution in [1.29, 1.82) is 0 Å². The van der Waals surface area contributed by atoms with Crippen molar-refractivity contribution in [2.45, 2.75) is 48.7 Å². The zero-order chi connectivity index (χ0) is 24.7. The second-order valence-electron chi connectivity index (χ2n) is 9.36. The molecule has 179 valence electrons. The Morgan fingerprint density at radius 3 is 2.21 bits per heavy atom. The van der Waals surface area contributed by atoms with E-state index >= 15 is 0 Å². The minimum absolute atomic E-state index is 0.0169. The first-order valence-corrected chi connectivity index (χ1v) is 13.6. The summed E-state index contributed by atoms with van der Waals surface area (Å²) in [4.78, 5) is 14.5. The normalized spacial score (nSPS) is 12.7. The van der Waals surface area contributed by atoms with Crippen molar-refractivity contribution in [2.24, 2.45) is 0 Å².